The molecule has 0 aromatic heterocycles. The Hall–Kier alpha value is -3.97. The first-order valence-electron chi connectivity index (χ1n) is 13.8. The molecule has 0 aliphatic carbocycles. The van der Waals surface area contributed by atoms with Crippen molar-refractivity contribution in [2.24, 2.45) is 5.92 Å². The molecule has 4 N–H and O–H groups in total. The van der Waals surface area contributed by atoms with Crippen molar-refractivity contribution in [3.05, 3.63) is 108 Å². The third kappa shape index (κ3) is 7.77. The van der Waals surface area contributed by atoms with Crippen molar-refractivity contribution >= 4 is 17.7 Å². The highest BCUT2D eigenvalue weighted by molar-refractivity contribution is 5.86. The van der Waals surface area contributed by atoms with E-state index in [1.165, 1.54) is 0 Å². The maximum atomic E-state index is 13.3. The van der Waals surface area contributed by atoms with Crippen LogP contribution in [0.1, 0.15) is 42.4 Å². The van der Waals surface area contributed by atoms with Crippen LogP contribution >= 0.6 is 0 Å². The lowest BCUT2D eigenvalue weighted by molar-refractivity contribution is -0.126. The maximum absolute atomic E-state index is 13.3. The fraction of sp³-hybridized carbons (Fsp3) is 0.344. The molecule has 1 heterocycles. The minimum atomic E-state index is -0.726. The summed E-state index contributed by atoms with van der Waals surface area (Å²) in [5.74, 6) is -0.177. The van der Waals surface area contributed by atoms with Crippen molar-refractivity contribution < 1.29 is 14.4 Å². The maximum Gasteiger partial charge on any atom is 0.239 e. The van der Waals surface area contributed by atoms with Crippen LogP contribution < -0.4 is 21.3 Å². The molecule has 0 saturated carbocycles. The predicted molar refractivity (Wildman–Crippen MR) is 153 cm³/mol. The zero-order chi connectivity index (χ0) is 27.3. The van der Waals surface area contributed by atoms with Crippen LogP contribution in [0.3, 0.4) is 0 Å². The van der Waals surface area contributed by atoms with Gasteiger partial charge in [-0.15, -0.1) is 0 Å². The summed E-state index contributed by atoms with van der Waals surface area (Å²) in [4.78, 5) is 37.9. The highest BCUT2D eigenvalue weighted by Gasteiger charge is 2.38. The number of carbonyl (C=O) groups is 3. The normalized spacial score (nSPS) is 15.2. The van der Waals surface area contributed by atoms with Crippen LogP contribution in [0.2, 0.25) is 0 Å². The number of benzene rings is 3. The van der Waals surface area contributed by atoms with Crippen molar-refractivity contribution in [3.8, 4) is 0 Å². The van der Waals surface area contributed by atoms with Gasteiger partial charge in [-0.05, 0) is 48.5 Å². The second-order valence-corrected chi connectivity index (χ2v) is 10.1. The molecule has 1 saturated heterocycles. The van der Waals surface area contributed by atoms with E-state index in [2.05, 4.69) is 21.3 Å². The first kappa shape index (κ1) is 28.0. The average molecular weight is 527 g/mol. The Morgan fingerprint density at radius 2 is 1.28 bits per heavy atom. The molecule has 0 unspecified atom stereocenters. The third-order valence-electron chi connectivity index (χ3n) is 7.33. The lowest BCUT2D eigenvalue weighted by atomic mass is 9.67. The second kappa shape index (κ2) is 14.3. The van der Waals surface area contributed by atoms with Gasteiger partial charge in [-0.25, -0.2) is 0 Å². The summed E-state index contributed by atoms with van der Waals surface area (Å²) < 4.78 is 0. The van der Waals surface area contributed by atoms with E-state index in [-0.39, 0.29) is 43.7 Å². The minimum Gasteiger partial charge on any atom is -0.356 e. The van der Waals surface area contributed by atoms with E-state index in [0.717, 1.165) is 42.6 Å². The second-order valence-electron chi connectivity index (χ2n) is 10.1. The van der Waals surface area contributed by atoms with Gasteiger partial charge in [0.15, 0.2) is 0 Å². The molecule has 4 rings (SSSR count). The van der Waals surface area contributed by atoms with Gasteiger partial charge in [-0.2, -0.15) is 0 Å². The fourth-order valence-electron chi connectivity index (χ4n) is 5.28. The lowest BCUT2D eigenvalue weighted by Gasteiger charge is -2.35. The van der Waals surface area contributed by atoms with Crippen LogP contribution in [-0.2, 0) is 19.8 Å². The SMILES string of the molecule is O=C(CCNC(=O)CNC(=O)CC(c1ccccc1)(c1ccccc1)c1ccccc1)NC[C@H]1CCCNC1. The summed E-state index contributed by atoms with van der Waals surface area (Å²) in [6.07, 6.45) is 2.59. The quantitative estimate of drug-likeness (QED) is 0.273. The van der Waals surface area contributed by atoms with E-state index in [9.17, 15) is 14.4 Å². The van der Waals surface area contributed by atoms with Crippen LogP contribution in [0.25, 0.3) is 0 Å². The molecule has 39 heavy (non-hydrogen) atoms. The van der Waals surface area contributed by atoms with Gasteiger partial charge in [0, 0.05) is 25.9 Å². The first-order valence-corrected chi connectivity index (χ1v) is 13.8. The highest BCUT2D eigenvalue weighted by Crippen LogP contribution is 2.42. The van der Waals surface area contributed by atoms with E-state index in [4.69, 9.17) is 0 Å². The number of hydrogen-bond donors (Lipinski definition) is 4. The topological polar surface area (TPSA) is 99.3 Å². The van der Waals surface area contributed by atoms with E-state index in [0.29, 0.717) is 12.5 Å². The van der Waals surface area contributed by atoms with E-state index in [1.54, 1.807) is 0 Å². The summed E-state index contributed by atoms with van der Waals surface area (Å²) >= 11 is 0. The molecule has 204 valence electrons. The van der Waals surface area contributed by atoms with Gasteiger partial charge in [0.05, 0.1) is 12.0 Å². The Labute approximate surface area is 230 Å². The van der Waals surface area contributed by atoms with Gasteiger partial charge in [-0.3, -0.25) is 14.4 Å². The molecule has 3 aromatic rings. The number of piperidine rings is 1. The predicted octanol–water partition coefficient (Wildman–Crippen LogP) is 3.15. The number of carbonyl (C=O) groups excluding carboxylic acids is 3. The Kier molecular flexibility index (Phi) is 10.3. The van der Waals surface area contributed by atoms with Crippen LogP contribution in [0.5, 0.6) is 0 Å². The Morgan fingerprint density at radius 1 is 0.718 bits per heavy atom. The zero-order valence-corrected chi connectivity index (χ0v) is 22.3. The molecule has 1 aliphatic rings. The monoisotopic (exact) mass is 526 g/mol. The van der Waals surface area contributed by atoms with Gasteiger partial charge in [0.2, 0.25) is 17.7 Å². The molecule has 1 fully saturated rings. The molecule has 3 aromatic carbocycles. The highest BCUT2D eigenvalue weighted by atomic mass is 16.2. The average Bonchev–Trinajstić information content (AvgIpc) is 2.99. The number of rotatable bonds is 12. The molecule has 0 spiro atoms. The first-order chi connectivity index (χ1) is 19.1. The summed E-state index contributed by atoms with van der Waals surface area (Å²) in [5, 5.41) is 11.8. The number of hydrogen-bond acceptors (Lipinski definition) is 4. The van der Waals surface area contributed by atoms with Gasteiger partial charge in [-0.1, -0.05) is 91.0 Å². The van der Waals surface area contributed by atoms with Crippen molar-refractivity contribution in [1.82, 2.24) is 21.3 Å². The van der Waals surface area contributed by atoms with Gasteiger partial charge < -0.3 is 21.3 Å². The molecular weight excluding hydrogens is 488 g/mol. The molecule has 1 atom stereocenters. The Morgan fingerprint density at radius 3 is 1.79 bits per heavy atom. The van der Waals surface area contributed by atoms with E-state index < -0.39 is 5.41 Å². The van der Waals surface area contributed by atoms with Crippen molar-refractivity contribution in [2.75, 3.05) is 32.7 Å². The van der Waals surface area contributed by atoms with Crippen LogP contribution in [0.15, 0.2) is 91.0 Å². The van der Waals surface area contributed by atoms with E-state index in [1.807, 2.05) is 91.0 Å². The summed E-state index contributed by atoms with van der Waals surface area (Å²) in [6, 6.07) is 30.0. The molecule has 1 aliphatic heterocycles. The van der Waals surface area contributed by atoms with Crippen molar-refractivity contribution in [3.63, 3.8) is 0 Å². The molecule has 7 heteroatoms. The van der Waals surface area contributed by atoms with Gasteiger partial charge in [0.25, 0.3) is 0 Å². The largest absolute Gasteiger partial charge is 0.356 e. The summed E-state index contributed by atoms with van der Waals surface area (Å²) in [7, 11) is 0. The molecule has 0 bridgehead atoms. The third-order valence-corrected chi connectivity index (χ3v) is 7.33. The Balaban J connectivity index is 1.35. The smallest absolute Gasteiger partial charge is 0.239 e. The van der Waals surface area contributed by atoms with Gasteiger partial charge >= 0.3 is 0 Å². The van der Waals surface area contributed by atoms with Crippen LogP contribution in [-0.4, -0.2) is 50.4 Å². The van der Waals surface area contributed by atoms with Gasteiger partial charge in [0.1, 0.15) is 0 Å². The minimum absolute atomic E-state index is 0.0803. The van der Waals surface area contributed by atoms with Crippen molar-refractivity contribution in [2.45, 2.75) is 31.1 Å². The molecule has 3 amide bonds. The van der Waals surface area contributed by atoms with Crippen LogP contribution in [0.4, 0.5) is 0 Å². The summed E-state index contributed by atoms with van der Waals surface area (Å²) in [6.45, 7) is 2.70. The standard InChI is InChI=1S/C32H38N4O3/c37-29(35-23-25-11-10-19-33-22-25)18-20-34-31(39)24-36-30(38)21-32(26-12-4-1-5-13-26,27-14-6-2-7-15-27)28-16-8-3-9-17-28/h1-9,12-17,25,33H,10-11,18-24H2,(H,34,39)(H,35,37)(H,36,38)/t25-/m0/s1. The van der Waals surface area contributed by atoms with Crippen LogP contribution in [0, 0.1) is 5.92 Å². The lowest BCUT2D eigenvalue weighted by Crippen LogP contribution is -2.42. The summed E-state index contributed by atoms with van der Waals surface area (Å²) in [5.41, 5.74) is 2.27. The molecule has 7 nitrogen and oxygen atoms in total. The molecule has 0 radical (unpaired) electrons. The Bertz CT molecular complexity index is 1100. The zero-order valence-electron chi connectivity index (χ0n) is 22.3. The number of amides is 3. The fourth-order valence-corrected chi connectivity index (χ4v) is 5.28. The number of nitrogens with one attached hydrogen (secondary N) is 4. The van der Waals surface area contributed by atoms with E-state index >= 15 is 0 Å². The molecular formula is C32H38N4O3. The van der Waals surface area contributed by atoms with Crippen molar-refractivity contribution in [1.29, 1.82) is 0 Å².